The molecule has 0 bridgehead atoms. The van der Waals surface area contributed by atoms with Gasteiger partial charge in [-0.2, -0.15) is 13.2 Å². The number of hydrogen-bond acceptors (Lipinski definition) is 5. The zero-order chi connectivity index (χ0) is 18.4. The lowest BCUT2D eigenvalue weighted by molar-refractivity contribution is -0.230. The van der Waals surface area contributed by atoms with Crippen LogP contribution >= 0.6 is 0 Å². The van der Waals surface area contributed by atoms with Crippen molar-refractivity contribution in [2.45, 2.75) is 30.2 Å². The molecular formula is C18H15F3N2O3. The summed E-state index contributed by atoms with van der Waals surface area (Å²) in [6.07, 6.45) is -0.740. The number of rotatable bonds is 3. The van der Waals surface area contributed by atoms with Crippen LogP contribution in [-0.4, -0.2) is 34.8 Å². The molecule has 0 N–H and O–H groups in total. The first-order valence-corrected chi connectivity index (χ1v) is 8.11. The maximum absolute atomic E-state index is 13.2. The van der Waals surface area contributed by atoms with Crippen LogP contribution in [0.1, 0.15) is 34.5 Å². The second-order valence-electron chi connectivity index (χ2n) is 6.55. The van der Waals surface area contributed by atoms with Gasteiger partial charge in [0.05, 0.1) is 24.2 Å². The summed E-state index contributed by atoms with van der Waals surface area (Å²) in [6, 6.07) is 5.86. The number of alkyl halides is 3. The first-order valence-electron chi connectivity index (χ1n) is 8.11. The van der Waals surface area contributed by atoms with Crippen molar-refractivity contribution >= 4 is 5.78 Å². The summed E-state index contributed by atoms with van der Waals surface area (Å²) in [5, 5.41) is 0. The van der Waals surface area contributed by atoms with Gasteiger partial charge in [-0.15, -0.1) is 0 Å². The fourth-order valence-electron chi connectivity index (χ4n) is 3.66. The second kappa shape index (κ2) is 5.85. The van der Waals surface area contributed by atoms with Crippen molar-refractivity contribution in [3.8, 4) is 0 Å². The SMILES string of the molecule is O=C(c1ccccn1)C1(c2cncc(C(F)(F)F)c2)CC2(C1)OCCO2. The first kappa shape index (κ1) is 17.1. The van der Waals surface area contributed by atoms with E-state index in [1.807, 2.05) is 0 Å². The van der Waals surface area contributed by atoms with E-state index in [9.17, 15) is 18.0 Å². The molecule has 8 heteroatoms. The number of halogens is 3. The van der Waals surface area contributed by atoms with Crippen LogP contribution in [0.5, 0.6) is 0 Å². The second-order valence-corrected chi connectivity index (χ2v) is 6.55. The summed E-state index contributed by atoms with van der Waals surface area (Å²) >= 11 is 0. The Hall–Kier alpha value is -2.32. The molecule has 3 heterocycles. The van der Waals surface area contributed by atoms with E-state index in [0.29, 0.717) is 13.2 Å². The summed E-state index contributed by atoms with van der Waals surface area (Å²) in [7, 11) is 0. The fourth-order valence-corrected chi connectivity index (χ4v) is 3.66. The highest BCUT2D eigenvalue weighted by Crippen LogP contribution is 2.55. The van der Waals surface area contributed by atoms with Crippen molar-refractivity contribution in [3.05, 3.63) is 59.7 Å². The molecule has 136 valence electrons. The van der Waals surface area contributed by atoms with E-state index in [1.54, 1.807) is 18.2 Å². The molecule has 1 aliphatic carbocycles. The van der Waals surface area contributed by atoms with Crippen LogP contribution in [0.15, 0.2) is 42.9 Å². The molecule has 2 fully saturated rings. The Balaban J connectivity index is 1.77. The van der Waals surface area contributed by atoms with Gasteiger partial charge < -0.3 is 9.47 Å². The third-order valence-electron chi connectivity index (χ3n) is 4.91. The van der Waals surface area contributed by atoms with E-state index < -0.39 is 22.9 Å². The van der Waals surface area contributed by atoms with Crippen LogP contribution in [0, 0.1) is 0 Å². The minimum absolute atomic E-state index is 0.137. The number of Topliss-reactive ketones (excluding diaryl/α,β-unsaturated/α-hetero) is 1. The highest BCUT2D eigenvalue weighted by molar-refractivity contribution is 6.03. The Morgan fingerprint density at radius 3 is 2.46 bits per heavy atom. The van der Waals surface area contributed by atoms with Crippen LogP contribution in [0.3, 0.4) is 0 Å². The summed E-state index contributed by atoms with van der Waals surface area (Å²) in [5.74, 6) is -1.28. The molecule has 2 aromatic rings. The molecule has 0 amide bonds. The zero-order valence-corrected chi connectivity index (χ0v) is 13.6. The zero-order valence-electron chi connectivity index (χ0n) is 13.6. The van der Waals surface area contributed by atoms with Crippen molar-refractivity contribution in [2.24, 2.45) is 0 Å². The molecule has 0 atom stereocenters. The third kappa shape index (κ3) is 2.69. The Bertz CT molecular complexity index is 825. The van der Waals surface area contributed by atoms with Crippen molar-refractivity contribution in [1.29, 1.82) is 0 Å². The van der Waals surface area contributed by atoms with Gasteiger partial charge in [-0.25, -0.2) is 0 Å². The molecule has 0 unspecified atom stereocenters. The van der Waals surface area contributed by atoms with Gasteiger partial charge in [0.1, 0.15) is 5.69 Å². The smallest absolute Gasteiger partial charge is 0.347 e. The molecule has 1 aliphatic heterocycles. The van der Waals surface area contributed by atoms with Gasteiger partial charge in [0, 0.05) is 31.4 Å². The van der Waals surface area contributed by atoms with Crippen LogP contribution < -0.4 is 0 Å². The molecule has 1 spiro atoms. The minimum Gasteiger partial charge on any atom is -0.347 e. The summed E-state index contributed by atoms with van der Waals surface area (Å²) in [5.41, 5.74) is -1.70. The predicted molar refractivity (Wildman–Crippen MR) is 83.4 cm³/mol. The Labute approximate surface area is 147 Å². The lowest BCUT2D eigenvalue weighted by atomic mass is 9.58. The highest BCUT2D eigenvalue weighted by Gasteiger charge is 2.63. The average Bonchev–Trinajstić information content (AvgIpc) is 3.09. The molecule has 4 rings (SSSR count). The van der Waals surface area contributed by atoms with Crippen LogP contribution in [0.4, 0.5) is 13.2 Å². The van der Waals surface area contributed by atoms with Gasteiger partial charge >= 0.3 is 6.18 Å². The largest absolute Gasteiger partial charge is 0.417 e. The van der Waals surface area contributed by atoms with E-state index in [4.69, 9.17) is 9.47 Å². The van der Waals surface area contributed by atoms with Crippen LogP contribution in [-0.2, 0) is 21.1 Å². The van der Waals surface area contributed by atoms with E-state index in [-0.39, 0.29) is 29.9 Å². The van der Waals surface area contributed by atoms with Gasteiger partial charge in [-0.3, -0.25) is 14.8 Å². The number of hydrogen-bond donors (Lipinski definition) is 0. The van der Waals surface area contributed by atoms with Crippen molar-refractivity contribution in [2.75, 3.05) is 13.2 Å². The normalized spacial score (nSPS) is 20.7. The standard InChI is InChI=1S/C18H15F3N2O3/c19-18(20,21)13-7-12(8-22-9-13)16(10-17(11-16)25-5-6-26-17)15(24)14-3-1-2-4-23-14/h1-4,7-9H,5-6,10-11H2. The number of nitrogens with zero attached hydrogens (tertiary/aromatic N) is 2. The first-order chi connectivity index (χ1) is 12.3. The summed E-state index contributed by atoms with van der Waals surface area (Å²) < 4.78 is 50.5. The molecule has 0 radical (unpaired) electrons. The molecular weight excluding hydrogens is 349 g/mol. The number of pyridine rings is 2. The molecule has 1 saturated heterocycles. The lowest BCUT2D eigenvalue weighted by Crippen LogP contribution is -2.59. The monoisotopic (exact) mass is 364 g/mol. The van der Waals surface area contributed by atoms with Crippen molar-refractivity contribution in [3.63, 3.8) is 0 Å². The molecule has 2 aromatic heterocycles. The Kier molecular flexibility index (Phi) is 3.85. The maximum atomic E-state index is 13.2. The molecule has 26 heavy (non-hydrogen) atoms. The van der Waals surface area contributed by atoms with E-state index in [1.165, 1.54) is 12.4 Å². The van der Waals surface area contributed by atoms with Crippen LogP contribution in [0.25, 0.3) is 0 Å². The van der Waals surface area contributed by atoms with Gasteiger partial charge in [0.25, 0.3) is 0 Å². The van der Waals surface area contributed by atoms with Crippen molar-refractivity contribution < 1.29 is 27.4 Å². The van der Waals surface area contributed by atoms with E-state index in [0.717, 1.165) is 12.3 Å². The average molecular weight is 364 g/mol. The van der Waals surface area contributed by atoms with Gasteiger partial charge in [-0.1, -0.05) is 6.07 Å². The Morgan fingerprint density at radius 1 is 1.12 bits per heavy atom. The lowest BCUT2D eigenvalue weighted by Gasteiger charge is -2.51. The van der Waals surface area contributed by atoms with Gasteiger partial charge in [0.15, 0.2) is 11.6 Å². The predicted octanol–water partition coefficient (Wildman–Crippen LogP) is 3.15. The number of aromatic nitrogens is 2. The quantitative estimate of drug-likeness (QED) is 0.783. The number of ketones is 1. The van der Waals surface area contributed by atoms with Crippen molar-refractivity contribution in [1.82, 2.24) is 9.97 Å². The minimum atomic E-state index is -4.54. The van der Waals surface area contributed by atoms with E-state index >= 15 is 0 Å². The summed E-state index contributed by atoms with van der Waals surface area (Å²) in [4.78, 5) is 20.9. The molecule has 2 aliphatic rings. The molecule has 1 saturated carbocycles. The molecule has 5 nitrogen and oxygen atoms in total. The number of carbonyl (C=O) groups excluding carboxylic acids is 1. The van der Waals surface area contributed by atoms with Gasteiger partial charge in [-0.05, 0) is 23.8 Å². The third-order valence-corrected chi connectivity index (χ3v) is 4.91. The maximum Gasteiger partial charge on any atom is 0.417 e. The summed E-state index contributed by atoms with van der Waals surface area (Å²) in [6.45, 7) is 0.795. The highest BCUT2D eigenvalue weighted by atomic mass is 19.4. The Morgan fingerprint density at radius 2 is 1.85 bits per heavy atom. The topological polar surface area (TPSA) is 61.3 Å². The van der Waals surface area contributed by atoms with Gasteiger partial charge in [0.2, 0.25) is 0 Å². The number of carbonyl (C=O) groups is 1. The number of ether oxygens (including phenoxy) is 2. The fraction of sp³-hybridized carbons (Fsp3) is 0.389. The molecule has 0 aromatic carbocycles. The van der Waals surface area contributed by atoms with E-state index in [2.05, 4.69) is 9.97 Å². The van der Waals surface area contributed by atoms with Crippen LogP contribution in [0.2, 0.25) is 0 Å².